The van der Waals surface area contributed by atoms with E-state index < -0.39 is 0 Å². The second kappa shape index (κ2) is 11.7. The fourth-order valence-corrected chi connectivity index (χ4v) is 4.11. The molecule has 0 spiro atoms. The predicted molar refractivity (Wildman–Crippen MR) is 126 cm³/mol. The number of rotatable bonds is 6. The summed E-state index contributed by atoms with van der Waals surface area (Å²) in [5.41, 5.74) is 2.79. The summed E-state index contributed by atoms with van der Waals surface area (Å²) < 4.78 is 0. The van der Waals surface area contributed by atoms with E-state index in [1.165, 1.54) is 43.2 Å². The van der Waals surface area contributed by atoms with Gasteiger partial charge in [0, 0.05) is 32.2 Å². The van der Waals surface area contributed by atoms with Gasteiger partial charge in [0.2, 0.25) is 0 Å². The number of nitrogens with one attached hydrogen (secondary N) is 2. The Kier molecular flexibility index (Phi) is 9.62. The van der Waals surface area contributed by atoms with Crippen LogP contribution in [-0.2, 0) is 13.1 Å². The number of nitrogens with zero attached hydrogens (tertiary/aromatic N) is 2. The number of halogens is 1. The summed E-state index contributed by atoms with van der Waals surface area (Å²) in [6.07, 6.45) is 13.5. The molecule has 0 saturated heterocycles. The number of guanidine groups is 1. The second-order valence-corrected chi connectivity index (χ2v) is 7.69. The number of hydrogen-bond acceptors (Lipinski definition) is 2. The van der Waals surface area contributed by atoms with Crippen LogP contribution in [0.3, 0.4) is 0 Å². The molecule has 2 aliphatic rings. The molecule has 1 saturated carbocycles. The summed E-state index contributed by atoms with van der Waals surface area (Å²) in [4.78, 5) is 6.94. The molecule has 4 nitrogen and oxygen atoms in total. The van der Waals surface area contributed by atoms with E-state index in [0.717, 1.165) is 37.9 Å². The summed E-state index contributed by atoms with van der Waals surface area (Å²) >= 11 is 0. The van der Waals surface area contributed by atoms with E-state index in [1.807, 2.05) is 7.05 Å². The Labute approximate surface area is 181 Å². The standard InChI is InChI=1S/C22H34N4.HI/c1-23-22(25-20-12-8-9-13-20)24-16-18-10-6-7-11-19(18)17-26(2)21-14-4-3-5-15-21;/h6-11,20-21H,3-5,12-17H2,1-2H3,(H2,23,24,25);1H. The van der Waals surface area contributed by atoms with E-state index in [9.17, 15) is 0 Å². The Bertz CT molecular complexity index is 614. The molecule has 0 aliphatic heterocycles. The quantitative estimate of drug-likeness (QED) is 0.272. The third-order valence-corrected chi connectivity index (χ3v) is 5.75. The van der Waals surface area contributed by atoms with Crippen LogP contribution in [0.15, 0.2) is 41.4 Å². The topological polar surface area (TPSA) is 39.7 Å². The molecule has 27 heavy (non-hydrogen) atoms. The molecule has 0 aromatic heterocycles. The molecule has 2 N–H and O–H groups in total. The maximum absolute atomic E-state index is 4.39. The van der Waals surface area contributed by atoms with Gasteiger partial charge in [-0.2, -0.15) is 0 Å². The first-order valence-electron chi connectivity index (χ1n) is 10.2. The van der Waals surface area contributed by atoms with Gasteiger partial charge in [-0.05, 0) is 43.9 Å². The molecule has 0 radical (unpaired) electrons. The van der Waals surface area contributed by atoms with Gasteiger partial charge >= 0.3 is 0 Å². The summed E-state index contributed by atoms with van der Waals surface area (Å²) in [5.74, 6) is 0.897. The summed E-state index contributed by atoms with van der Waals surface area (Å²) in [6.45, 7) is 1.84. The largest absolute Gasteiger partial charge is 0.353 e. The van der Waals surface area contributed by atoms with Crippen molar-refractivity contribution in [2.45, 2.75) is 70.1 Å². The average molecular weight is 482 g/mol. The monoisotopic (exact) mass is 482 g/mol. The van der Waals surface area contributed by atoms with Gasteiger partial charge in [-0.3, -0.25) is 9.89 Å². The van der Waals surface area contributed by atoms with Gasteiger partial charge in [0.15, 0.2) is 5.96 Å². The second-order valence-electron chi connectivity index (χ2n) is 7.69. The van der Waals surface area contributed by atoms with E-state index >= 15 is 0 Å². The number of aliphatic imine (C=N–C) groups is 1. The van der Waals surface area contributed by atoms with Crippen molar-refractivity contribution in [3.05, 3.63) is 47.5 Å². The molecule has 5 heteroatoms. The highest BCUT2D eigenvalue weighted by Gasteiger charge is 2.19. The maximum Gasteiger partial charge on any atom is 0.191 e. The third kappa shape index (κ3) is 6.79. The van der Waals surface area contributed by atoms with E-state index in [4.69, 9.17) is 0 Å². The van der Waals surface area contributed by atoms with E-state index in [0.29, 0.717) is 6.04 Å². The van der Waals surface area contributed by atoms with Crippen molar-refractivity contribution < 1.29 is 0 Å². The van der Waals surface area contributed by atoms with Crippen LogP contribution in [0.25, 0.3) is 0 Å². The van der Waals surface area contributed by atoms with Crippen molar-refractivity contribution in [2.24, 2.45) is 4.99 Å². The van der Waals surface area contributed by atoms with Crippen LogP contribution in [0, 0.1) is 0 Å². The van der Waals surface area contributed by atoms with Crippen LogP contribution >= 0.6 is 24.0 Å². The first-order chi connectivity index (χ1) is 12.8. The first kappa shape index (κ1) is 22.2. The Morgan fingerprint density at radius 3 is 2.41 bits per heavy atom. The Morgan fingerprint density at radius 2 is 1.74 bits per heavy atom. The van der Waals surface area contributed by atoms with Crippen molar-refractivity contribution in [3.63, 3.8) is 0 Å². The molecular weight excluding hydrogens is 447 g/mol. The van der Waals surface area contributed by atoms with Crippen molar-refractivity contribution in [3.8, 4) is 0 Å². The van der Waals surface area contributed by atoms with Crippen LogP contribution in [0.2, 0.25) is 0 Å². The van der Waals surface area contributed by atoms with Crippen LogP contribution in [0.5, 0.6) is 0 Å². The Morgan fingerprint density at radius 1 is 1.07 bits per heavy atom. The minimum absolute atomic E-state index is 0. The van der Waals surface area contributed by atoms with Gasteiger partial charge in [0.05, 0.1) is 0 Å². The van der Waals surface area contributed by atoms with Gasteiger partial charge < -0.3 is 10.6 Å². The molecule has 1 aromatic rings. The van der Waals surface area contributed by atoms with Gasteiger partial charge in [-0.25, -0.2) is 0 Å². The third-order valence-electron chi connectivity index (χ3n) is 5.75. The molecule has 2 aliphatic carbocycles. The van der Waals surface area contributed by atoms with Gasteiger partial charge in [0.25, 0.3) is 0 Å². The predicted octanol–water partition coefficient (Wildman–Crippen LogP) is 4.45. The maximum atomic E-state index is 4.39. The van der Waals surface area contributed by atoms with Crippen molar-refractivity contribution in [1.29, 1.82) is 0 Å². The normalized spacial score (nSPS) is 18.6. The molecule has 1 fully saturated rings. The van der Waals surface area contributed by atoms with Crippen LogP contribution in [-0.4, -0.2) is 37.0 Å². The molecule has 0 bridgehead atoms. The molecule has 150 valence electrons. The molecular formula is C22H35IN4. The molecule has 3 rings (SSSR count). The van der Waals surface area contributed by atoms with Gasteiger partial charge in [-0.1, -0.05) is 55.7 Å². The molecule has 0 unspecified atom stereocenters. The highest BCUT2D eigenvalue weighted by Crippen LogP contribution is 2.23. The van der Waals surface area contributed by atoms with E-state index in [1.54, 1.807) is 0 Å². The van der Waals surface area contributed by atoms with Crippen molar-refractivity contribution in [1.82, 2.24) is 15.5 Å². The smallest absolute Gasteiger partial charge is 0.191 e. The highest BCUT2D eigenvalue weighted by molar-refractivity contribution is 14.0. The zero-order valence-electron chi connectivity index (χ0n) is 16.8. The SMILES string of the molecule is CN=C(NCc1ccccc1CN(C)C1CCCCC1)NC1CC=CC1.I. The molecule has 0 amide bonds. The molecule has 1 aromatic carbocycles. The minimum Gasteiger partial charge on any atom is -0.353 e. The van der Waals surface area contributed by atoms with Crippen molar-refractivity contribution in [2.75, 3.05) is 14.1 Å². The molecule has 0 atom stereocenters. The first-order valence-corrected chi connectivity index (χ1v) is 10.2. The zero-order chi connectivity index (χ0) is 18.2. The fraction of sp³-hybridized carbons (Fsp3) is 0.591. The lowest BCUT2D eigenvalue weighted by atomic mass is 9.94. The summed E-state index contributed by atoms with van der Waals surface area (Å²) in [6, 6.07) is 10.0. The Hall–Kier alpha value is -1.08. The lowest BCUT2D eigenvalue weighted by Gasteiger charge is -2.31. The summed E-state index contributed by atoms with van der Waals surface area (Å²) in [5, 5.41) is 7.01. The minimum atomic E-state index is 0. The lowest BCUT2D eigenvalue weighted by molar-refractivity contribution is 0.184. The van der Waals surface area contributed by atoms with Crippen LogP contribution in [0.4, 0.5) is 0 Å². The fourth-order valence-electron chi connectivity index (χ4n) is 4.11. The Balaban J connectivity index is 0.00000261. The van der Waals surface area contributed by atoms with Crippen LogP contribution in [0.1, 0.15) is 56.1 Å². The van der Waals surface area contributed by atoms with Gasteiger partial charge in [0.1, 0.15) is 0 Å². The summed E-state index contributed by atoms with van der Waals surface area (Å²) in [7, 11) is 4.13. The highest BCUT2D eigenvalue weighted by atomic mass is 127. The van der Waals surface area contributed by atoms with Crippen molar-refractivity contribution >= 4 is 29.9 Å². The van der Waals surface area contributed by atoms with Crippen LogP contribution < -0.4 is 10.6 Å². The number of hydrogen-bond donors (Lipinski definition) is 2. The van der Waals surface area contributed by atoms with E-state index in [-0.39, 0.29) is 24.0 Å². The average Bonchev–Trinajstić information content (AvgIpc) is 3.20. The lowest BCUT2D eigenvalue weighted by Crippen LogP contribution is -2.42. The molecule has 0 heterocycles. The van der Waals surface area contributed by atoms with Gasteiger partial charge in [-0.15, -0.1) is 24.0 Å². The number of benzene rings is 1. The zero-order valence-corrected chi connectivity index (χ0v) is 19.1. The van der Waals surface area contributed by atoms with E-state index in [2.05, 4.69) is 64.0 Å².